The first-order chi connectivity index (χ1) is 11.1. The van der Waals surface area contributed by atoms with Gasteiger partial charge < -0.3 is 10.1 Å². The van der Waals surface area contributed by atoms with E-state index in [9.17, 15) is 4.79 Å². The summed E-state index contributed by atoms with van der Waals surface area (Å²) in [6.45, 7) is 4.79. The van der Waals surface area contributed by atoms with Crippen molar-refractivity contribution in [3.05, 3.63) is 59.2 Å². The molecule has 2 aromatic carbocycles. The summed E-state index contributed by atoms with van der Waals surface area (Å²) < 4.78 is 5.64. The van der Waals surface area contributed by atoms with Crippen molar-refractivity contribution in [2.24, 2.45) is 0 Å². The highest BCUT2D eigenvalue weighted by Crippen LogP contribution is 2.31. The third-order valence-corrected chi connectivity index (χ3v) is 5.15. The summed E-state index contributed by atoms with van der Waals surface area (Å²) in [6.07, 6.45) is 0.816. The summed E-state index contributed by atoms with van der Waals surface area (Å²) in [5.74, 6) is 1.38. The van der Waals surface area contributed by atoms with Gasteiger partial charge in [0.2, 0.25) is 5.91 Å². The van der Waals surface area contributed by atoms with Gasteiger partial charge in [0.15, 0.2) is 0 Å². The first-order valence-corrected chi connectivity index (χ1v) is 8.83. The summed E-state index contributed by atoms with van der Waals surface area (Å²) in [5, 5.41) is 3.14. The third-order valence-electron chi connectivity index (χ3n) is 4.00. The van der Waals surface area contributed by atoms with E-state index >= 15 is 0 Å². The lowest BCUT2D eigenvalue weighted by molar-refractivity contribution is -0.119. The average molecular weight is 327 g/mol. The Morgan fingerprint density at radius 3 is 2.96 bits per heavy atom. The summed E-state index contributed by atoms with van der Waals surface area (Å²) in [4.78, 5) is 13.5. The molecule has 1 amide bonds. The van der Waals surface area contributed by atoms with E-state index in [0.29, 0.717) is 12.4 Å². The van der Waals surface area contributed by atoms with Crippen LogP contribution in [0, 0.1) is 13.8 Å². The fourth-order valence-corrected chi connectivity index (χ4v) is 3.67. The molecule has 0 saturated heterocycles. The lowest BCUT2D eigenvalue weighted by Crippen LogP contribution is -2.33. The zero-order valence-electron chi connectivity index (χ0n) is 13.5. The minimum absolute atomic E-state index is 0.0478. The number of rotatable bonds is 4. The topological polar surface area (TPSA) is 38.3 Å². The van der Waals surface area contributed by atoms with Crippen LogP contribution in [0.15, 0.2) is 47.4 Å². The lowest BCUT2D eigenvalue weighted by Gasteiger charge is -2.26. The van der Waals surface area contributed by atoms with E-state index in [1.165, 1.54) is 16.0 Å². The number of carbonyl (C=O) groups is 1. The predicted molar refractivity (Wildman–Crippen MR) is 94.1 cm³/mol. The number of para-hydroxylation sites is 1. The second-order valence-electron chi connectivity index (χ2n) is 5.85. The number of hydrogen-bond donors (Lipinski definition) is 1. The largest absolute Gasteiger partial charge is 0.493 e. The van der Waals surface area contributed by atoms with Crippen LogP contribution in [0.25, 0.3) is 0 Å². The summed E-state index contributed by atoms with van der Waals surface area (Å²) in [5.41, 5.74) is 3.51. The zero-order valence-corrected chi connectivity index (χ0v) is 14.3. The van der Waals surface area contributed by atoms with Gasteiger partial charge >= 0.3 is 0 Å². The van der Waals surface area contributed by atoms with Gasteiger partial charge in [-0.1, -0.05) is 35.9 Å². The molecule has 1 heterocycles. The van der Waals surface area contributed by atoms with Crippen molar-refractivity contribution in [2.75, 3.05) is 12.4 Å². The molecule has 0 aromatic heterocycles. The van der Waals surface area contributed by atoms with Crippen LogP contribution in [0.1, 0.15) is 29.2 Å². The number of thioether (sulfide) groups is 1. The smallest absolute Gasteiger partial charge is 0.230 e. The molecule has 23 heavy (non-hydrogen) atoms. The molecule has 4 heteroatoms. The van der Waals surface area contributed by atoms with Crippen LogP contribution in [-0.2, 0) is 4.79 Å². The zero-order chi connectivity index (χ0) is 16.2. The van der Waals surface area contributed by atoms with Crippen LogP contribution in [0.5, 0.6) is 5.75 Å². The quantitative estimate of drug-likeness (QED) is 0.862. The summed E-state index contributed by atoms with van der Waals surface area (Å²) in [6, 6.07) is 14.3. The number of aryl methyl sites for hydroxylation is 2. The van der Waals surface area contributed by atoms with E-state index in [1.807, 2.05) is 24.3 Å². The van der Waals surface area contributed by atoms with Crippen LogP contribution >= 0.6 is 11.8 Å². The van der Waals surface area contributed by atoms with E-state index < -0.39 is 0 Å². The third kappa shape index (κ3) is 3.88. The molecule has 0 spiro atoms. The number of amides is 1. The molecular formula is C19H21NO2S. The highest BCUT2D eigenvalue weighted by atomic mass is 32.2. The van der Waals surface area contributed by atoms with Crippen molar-refractivity contribution in [3.8, 4) is 5.75 Å². The van der Waals surface area contributed by atoms with Gasteiger partial charge in [-0.15, -0.1) is 11.8 Å². The van der Waals surface area contributed by atoms with Crippen molar-refractivity contribution >= 4 is 17.7 Å². The van der Waals surface area contributed by atoms with Crippen molar-refractivity contribution in [1.82, 2.24) is 5.32 Å². The van der Waals surface area contributed by atoms with Gasteiger partial charge in [0.25, 0.3) is 0 Å². The van der Waals surface area contributed by atoms with Crippen LogP contribution in [-0.4, -0.2) is 18.3 Å². The Labute approximate surface area is 141 Å². The average Bonchev–Trinajstić information content (AvgIpc) is 2.56. The molecule has 1 unspecified atom stereocenters. The molecule has 2 aromatic rings. The van der Waals surface area contributed by atoms with E-state index in [2.05, 4.69) is 37.4 Å². The van der Waals surface area contributed by atoms with Gasteiger partial charge in [0.05, 0.1) is 18.4 Å². The van der Waals surface area contributed by atoms with Crippen LogP contribution in [0.3, 0.4) is 0 Å². The Bertz CT molecular complexity index is 714. The van der Waals surface area contributed by atoms with Crippen molar-refractivity contribution in [3.63, 3.8) is 0 Å². The Balaban J connectivity index is 1.61. The van der Waals surface area contributed by atoms with Gasteiger partial charge in [-0.25, -0.2) is 0 Å². The number of hydrogen-bond acceptors (Lipinski definition) is 3. The molecule has 3 nitrogen and oxygen atoms in total. The summed E-state index contributed by atoms with van der Waals surface area (Å²) >= 11 is 1.60. The van der Waals surface area contributed by atoms with Gasteiger partial charge in [0, 0.05) is 16.9 Å². The molecule has 3 rings (SSSR count). The molecule has 1 atom stereocenters. The molecule has 1 aliphatic heterocycles. The van der Waals surface area contributed by atoms with Gasteiger partial charge in [-0.05, 0) is 31.5 Å². The van der Waals surface area contributed by atoms with E-state index in [0.717, 1.165) is 17.7 Å². The molecule has 0 saturated carbocycles. The van der Waals surface area contributed by atoms with Crippen molar-refractivity contribution in [1.29, 1.82) is 0 Å². The monoisotopic (exact) mass is 327 g/mol. The molecule has 0 aliphatic carbocycles. The molecule has 1 N–H and O–H groups in total. The van der Waals surface area contributed by atoms with E-state index in [-0.39, 0.29) is 11.9 Å². The SMILES string of the molecule is Cc1ccc(C)c(SCC(=O)NC2CCOc3ccccc32)c1. The van der Waals surface area contributed by atoms with Crippen molar-refractivity contribution in [2.45, 2.75) is 31.2 Å². The van der Waals surface area contributed by atoms with Crippen LogP contribution in [0.2, 0.25) is 0 Å². The van der Waals surface area contributed by atoms with Crippen LogP contribution in [0.4, 0.5) is 0 Å². The second kappa shape index (κ2) is 7.09. The molecule has 0 fully saturated rings. The normalized spacial score (nSPS) is 16.3. The fourth-order valence-electron chi connectivity index (χ4n) is 2.73. The minimum Gasteiger partial charge on any atom is -0.493 e. The maximum atomic E-state index is 12.3. The Morgan fingerprint density at radius 1 is 1.26 bits per heavy atom. The number of benzene rings is 2. The number of carbonyl (C=O) groups excluding carboxylic acids is 1. The highest BCUT2D eigenvalue weighted by molar-refractivity contribution is 8.00. The highest BCUT2D eigenvalue weighted by Gasteiger charge is 2.22. The first-order valence-electron chi connectivity index (χ1n) is 7.84. The molecule has 0 bridgehead atoms. The molecule has 120 valence electrons. The number of fused-ring (bicyclic) bond motifs is 1. The Morgan fingerprint density at radius 2 is 2.09 bits per heavy atom. The second-order valence-corrected chi connectivity index (χ2v) is 6.87. The van der Waals surface area contributed by atoms with Crippen molar-refractivity contribution < 1.29 is 9.53 Å². The number of nitrogens with one attached hydrogen (secondary N) is 1. The maximum absolute atomic E-state index is 12.3. The molecule has 1 aliphatic rings. The van der Waals surface area contributed by atoms with Gasteiger partial charge in [-0.2, -0.15) is 0 Å². The lowest BCUT2D eigenvalue weighted by atomic mass is 10.0. The van der Waals surface area contributed by atoms with E-state index in [1.54, 1.807) is 11.8 Å². The maximum Gasteiger partial charge on any atom is 0.230 e. The fraction of sp³-hybridized carbons (Fsp3) is 0.316. The Kier molecular flexibility index (Phi) is 4.91. The predicted octanol–water partition coefficient (Wildman–Crippen LogP) is 4.04. The first kappa shape index (κ1) is 15.9. The van der Waals surface area contributed by atoms with Gasteiger partial charge in [0.1, 0.15) is 5.75 Å². The number of ether oxygens (including phenoxy) is 1. The molecule has 0 radical (unpaired) electrons. The van der Waals surface area contributed by atoms with Crippen LogP contribution < -0.4 is 10.1 Å². The summed E-state index contributed by atoms with van der Waals surface area (Å²) in [7, 11) is 0. The van der Waals surface area contributed by atoms with Gasteiger partial charge in [-0.3, -0.25) is 4.79 Å². The molecular weight excluding hydrogens is 306 g/mol. The Hall–Kier alpha value is -1.94. The standard InChI is InChI=1S/C19H21NO2S/c1-13-7-8-14(2)18(11-13)23-12-19(21)20-16-9-10-22-17-6-4-3-5-15(16)17/h3-8,11,16H,9-10,12H2,1-2H3,(H,20,21). The van der Waals surface area contributed by atoms with E-state index in [4.69, 9.17) is 4.74 Å². The minimum atomic E-state index is 0.0478.